The Balaban J connectivity index is 2.58. The van der Waals surface area contributed by atoms with Gasteiger partial charge in [0, 0.05) is 25.0 Å². The predicted molar refractivity (Wildman–Crippen MR) is 63.6 cm³/mol. The lowest BCUT2D eigenvalue weighted by Gasteiger charge is -2.10. The van der Waals surface area contributed by atoms with Gasteiger partial charge in [-0.1, -0.05) is 12.1 Å². The number of hydrogen-bond acceptors (Lipinski definition) is 4. The van der Waals surface area contributed by atoms with Gasteiger partial charge in [0.2, 0.25) is 0 Å². The molecule has 0 aliphatic heterocycles. The molecular weight excluding hydrogens is 202 g/mol. The molecule has 0 fully saturated rings. The summed E-state index contributed by atoms with van der Waals surface area (Å²) in [5.41, 5.74) is 1.73. The molecule has 0 saturated carbocycles. The number of ether oxygens (including phenoxy) is 1. The maximum atomic E-state index is 5.30. The average Bonchev–Trinajstić information content (AvgIpc) is 2.38. The number of anilines is 1. The molecule has 0 spiro atoms. The van der Waals surface area contributed by atoms with Crippen molar-refractivity contribution in [2.24, 2.45) is 0 Å². The Morgan fingerprint density at radius 3 is 2.62 bits per heavy atom. The Labute approximate surface area is 94.3 Å². The number of aromatic nitrogens is 2. The Bertz CT molecular complexity index is 440. The van der Waals surface area contributed by atoms with Gasteiger partial charge in [0.25, 0.3) is 0 Å². The van der Waals surface area contributed by atoms with E-state index in [-0.39, 0.29) is 0 Å². The van der Waals surface area contributed by atoms with Crippen LogP contribution in [0, 0.1) is 0 Å². The smallest absolute Gasteiger partial charge is 0.152 e. The number of rotatable bonds is 3. The first-order chi connectivity index (χ1) is 7.86. The maximum Gasteiger partial charge on any atom is 0.152 e. The molecule has 1 aromatic carbocycles. The van der Waals surface area contributed by atoms with Crippen molar-refractivity contribution in [3.63, 3.8) is 0 Å². The monoisotopic (exact) mass is 215 g/mol. The molecule has 1 N–H and O–H groups in total. The summed E-state index contributed by atoms with van der Waals surface area (Å²) in [5.74, 6) is 1.53. The molecule has 0 unspecified atom stereocenters. The number of benzene rings is 1. The first-order valence-electron chi connectivity index (χ1n) is 4.99. The lowest BCUT2D eigenvalue weighted by Crippen LogP contribution is -1.98. The van der Waals surface area contributed by atoms with Crippen molar-refractivity contribution in [3.05, 3.63) is 36.7 Å². The van der Waals surface area contributed by atoms with E-state index in [1.807, 2.05) is 31.3 Å². The summed E-state index contributed by atoms with van der Waals surface area (Å²) in [4.78, 5) is 8.54. The van der Waals surface area contributed by atoms with Crippen molar-refractivity contribution in [1.82, 2.24) is 9.97 Å². The van der Waals surface area contributed by atoms with E-state index in [0.717, 1.165) is 22.8 Å². The Morgan fingerprint density at radius 1 is 1.12 bits per heavy atom. The first-order valence-corrected chi connectivity index (χ1v) is 4.99. The fraction of sp³-hybridized carbons (Fsp3) is 0.167. The van der Waals surface area contributed by atoms with Crippen LogP contribution in [0.15, 0.2) is 36.7 Å². The average molecular weight is 215 g/mol. The molecule has 0 aliphatic carbocycles. The predicted octanol–water partition coefficient (Wildman–Crippen LogP) is 2.19. The minimum absolute atomic E-state index is 0.743. The standard InChI is InChI=1S/C12H13N3O/c1-13-12-11(14-7-8-15-12)9-5-3-4-6-10(9)16-2/h3-8H,1-2H3,(H,13,15). The van der Waals surface area contributed by atoms with Crippen molar-refractivity contribution in [2.75, 3.05) is 19.5 Å². The summed E-state index contributed by atoms with van der Waals surface area (Å²) >= 11 is 0. The second-order valence-electron chi connectivity index (χ2n) is 3.20. The summed E-state index contributed by atoms with van der Waals surface area (Å²) in [7, 11) is 3.47. The van der Waals surface area contributed by atoms with Gasteiger partial charge in [-0.05, 0) is 12.1 Å². The molecule has 4 heteroatoms. The minimum atomic E-state index is 0.743. The van der Waals surface area contributed by atoms with Gasteiger partial charge in [-0.15, -0.1) is 0 Å². The van der Waals surface area contributed by atoms with Gasteiger partial charge in [-0.2, -0.15) is 0 Å². The van der Waals surface area contributed by atoms with E-state index in [2.05, 4.69) is 15.3 Å². The number of methoxy groups -OCH3 is 1. The molecule has 2 rings (SSSR count). The molecule has 0 aliphatic rings. The van der Waals surface area contributed by atoms with E-state index in [1.54, 1.807) is 19.5 Å². The van der Waals surface area contributed by atoms with E-state index in [1.165, 1.54) is 0 Å². The van der Waals surface area contributed by atoms with E-state index in [9.17, 15) is 0 Å². The highest BCUT2D eigenvalue weighted by Gasteiger charge is 2.10. The molecular formula is C12H13N3O. The Hall–Kier alpha value is -2.10. The Kier molecular flexibility index (Phi) is 3.00. The highest BCUT2D eigenvalue weighted by molar-refractivity contribution is 5.75. The molecule has 1 heterocycles. The van der Waals surface area contributed by atoms with Gasteiger partial charge in [0.15, 0.2) is 5.82 Å². The number of nitrogens with zero attached hydrogens (tertiary/aromatic N) is 2. The Morgan fingerprint density at radius 2 is 1.88 bits per heavy atom. The van der Waals surface area contributed by atoms with Crippen molar-refractivity contribution in [3.8, 4) is 17.0 Å². The fourth-order valence-corrected chi connectivity index (χ4v) is 1.56. The van der Waals surface area contributed by atoms with Crippen LogP contribution in [0.2, 0.25) is 0 Å². The third-order valence-electron chi connectivity index (χ3n) is 2.30. The zero-order valence-electron chi connectivity index (χ0n) is 9.27. The van der Waals surface area contributed by atoms with Crippen molar-refractivity contribution >= 4 is 5.82 Å². The van der Waals surface area contributed by atoms with Crippen molar-refractivity contribution < 1.29 is 4.74 Å². The minimum Gasteiger partial charge on any atom is -0.496 e. The zero-order valence-corrected chi connectivity index (χ0v) is 9.27. The maximum absolute atomic E-state index is 5.30. The fourth-order valence-electron chi connectivity index (χ4n) is 1.56. The van der Waals surface area contributed by atoms with Crippen LogP contribution < -0.4 is 10.1 Å². The van der Waals surface area contributed by atoms with Crippen molar-refractivity contribution in [2.45, 2.75) is 0 Å². The third kappa shape index (κ3) is 1.82. The molecule has 1 aromatic heterocycles. The van der Waals surface area contributed by atoms with Crippen LogP contribution in [0.1, 0.15) is 0 Å². The number of nitrogens with one attached hydrogen (secondary N) is 1. The second-order valence-corrected chi connectivity index (χ2v) is 3.20. The quantitative estimate of drug-likeness (QED) is 0.852. The van der Waals surface area contributed by atoms with Crippen LogP contribution in [0.5, 0.6) is 5.75 Å². The van der Waals surface area contributed by atoms with Gasteiger partial charge in [0.05, 0.1) is 7.11 Å². The normalized spacial score (nSPS) is 9.88. The van der Waals surface area contributed by atoms with Crippen LogP contribution in [0.25, 0.3) is 11.3 Å². The highest BCUT2D eigenvalue weighted by Crippen LogP contribution is 2.31. The van der Waals surface area contributed by atoms with E-state index < -0.39 is 0 Å². The largest absolute Gasteiger partial charge is 0.496 e. The van der Waals surface area contributed by atoms with Gasteiger partial charge in [0.1, 0.15) is 11.4 Å². The first kappa shape index (κ1) is 10.4. The topological polar surface area (TPSA) is 47.0 Å². The molecule has 0 amide bonds. The molecule has 0 bridgehead atoms. The SMILES string of the molecule is CNc1nccnc1-c1ccccc1OC. The number of para-hydroxylation sites is 1. The molecule has 0 saturated heterocycles. The molecule has 2 aromatic rings. The second kappa shape index (κ2) is 4.61. The lowest BCUT2D eigenvalue weighted by molar-refractivity contribution is 0.416. The zero-order chi connectivity index (χ0) is 11.4. The summed E-state index contributed by atoms with van der Waals surface area (Å²) in [6.07, 6.45) is 3.33. The highest BCUT2D eigenvalue weighted by atomic mass is 16.5. The molecule has 0 atom stereocenters. The van der Waals surface area contributed by atoms with Gasteiger partial charge in [-0.25, -0.2) is 4.98 Å². The van der Waals surface area contributed by atoms with Gasteiger partial charge < -0.3 is 10.1 Å². The van der Waals surface area contributed by atoms with E-state index in [0.29, 0.717) is 0 Å². The summed E-state index contributed by atoms with van der Waals surface area (Å²) in [5, 5.41) is 3.02. The lowest BCUT2D eigenvalue weighted by atomic mass is 10.1. The summed E-state index contributed by atoms with van der Waals surface area (Å²) in [6, 6.07) is 7.75. The van der Waals surface area contributed by atoms with Crippen LogP contribution in [0.4, 0.5) is 5.82 Å². The molecule has 0 radical (unpaired) electrons. The van der Waals surface area contributed by atoms with Crippen LogP contribution in [-0.4, -0.2) is 24.1 Å². The van der Waals surface area contributed by atoms with Crippen LogP contribution in [-0.2, 0) is 0 Å². The molecule has 82 valence electrons. The van der Waals surface area contributed by atoms with Gasteiger partial charge in [-0.3, -0.25) is 4.98 Å². The van der Waals surface area contributed by atoms with Gasteiger partial charge >= 0.3 is 0 Å². The number of hydrogen-bond donors (Lipinski definition) is 1. The summed E-state index contributed by atoms with van der Waals surface area (Å²) < 4.78 is 5.30. The van der Waals surface area contributed by atoms with Crippen molar-refractivity contribution in [1.29, 1.82) is 0 Å². The third-order valence-corrected chi connectivity index (χ3v) is 2.30. The summed E-state index contributed by atoms with van der Waals surface area (Å²) in [6.45, 7) is 0. The van der Waals surface area contributed by atoms with E-state index in [4.69, 9.17) is 4.74 Å². The molecule has 16 heavy (non-hydrogen) atoms. The molecule has 4 nitrogen and oxygen atoms in total. The van der Waals surface area contributed by atoms with Crippen LogP contribution in [0.3, 0.4) is 0 Å². The van der Waals surface area contributed by atoms with Crippen LogP contribution >= 0.6 is 0 Å². The van der Waals surface area contributed by atoms with E-state index >= 15 is 0 Å².